The number of ether oxygens (including phenoxy) is 5. The van der Waals surface area contributed by atoms with Gasteiger partial charge in [0.05, 0.1) is 19.7 Å². The second-order valence-electron chi connectivity index (χ2n) is 5.37. The molecular weight excluding hydrogens is 420 g/mol. The molecule has 0 aliphatic heterocycles. The Morgan fingerprint density at radius 3 is 1.93 bits per heavy atom. The number of amides is 2. The maximum Gasteiger partial charge on any atom is 0.407 e. The molecule has 0 aliphatic rings. The van der Waals surface area contributed by atoms with Crippen LogP contribution in [-0.2, 0) is 33.3 Å². The number of carbonyl (C=O) groups excluding carboxylic acids is 4. The molecule has 2 amide bonds. The zero-order chi connectivity index (χ0) is 22.6. The second-order valence-corrected chi connectivity index (χ2v) is 5.82. The Morgan fingerprint density at radius 1 is 0.833 bits per heavy atom. The van der Waals surface area contributed by atoms with E-state index in [-0.39, 0.29) is 39.5 Å². The Hall–Kier alpha value is -2.73. The van der Waals surface area contributed by atoms with Gasteiger partial charge in [-0.05, 0) is 12.2 Å². The zero-order valence-corrected chi connectivity index (χ0v) is 17.5. The quantitative estimate of drug-likeness (QED) is 0.102. The molecule has 1 atom stereocenters. The van der Waals surface area contributed by atoms with Crippen LogP contribution in [0.5, 0.6) is 0 Å². The first-order valence-corrected chi connectivity index (χ1v) is 9.68. The summed E-state index contributed by atoms with van der Waals surface area (Å²) in [5.74, 6) is -0.591. The van der Waals surface area contributed by atoms with Crippen molar-refractivity contribution in [3.05, 3.63) is 25.3 Å². The van der Waals surface area contributed by atoms with Gasteiger partial charge in [0.2, 0.25) is 0 Å². The van der Waals surface area contributed by atoms with Crippen LogP contribution in [0.25, 0.3) is 0 Å². The van der Waals surface area contributed by atoms with E-state index in [0.717, 1.165) is 12.2 Å². The smallest absolute Gasteiger partial charge is 0.407 e. The molecule has 0 spiro atoms. The van der Waals surface area contributed by atoms with Gasteiger partial charge in [-0.3, -0.25) is 0 Å². The monoisotopic (exact) mass is 448 g/mol. The predicted octanol–water partition coefficient (Wildman–Crippen LogP) is 0.602. The van der Waals surface area contributed by atoms with E-state index < -0.39 is 30.2 Å². The van der Waals surface area contributed by atoms with Gasteiger partial charge in [0.15, 0.2) is 6.10 Å². The van der Waals surface area contributed by atoms with Crippen LogP contribution in [0.4, 0.5) is 9.59 Å². The third kappa shape index (κ3) is 16.2. The number of hydrogen-bond acceptors (Lipinski definition) is 10. The highest BCUT2D eigenvalue weighted by Gasteiger charge is 2.17. The lowest BCUT2D eigenvalue weighted by Gasteiger charge is -2.18. The number of alkyl carbamates (subject to hydrolysis) is 2. The van der Waals surface area contributed by atoms with Crippen molar-refractivity contribution in [1.29, 1.82) is 0 Å². The summed E-state index contributed by atoms with van der Waals surface area (Å²) >= 11 is 4.07. The van der Waals surface area contributed by atoms with Crippen molar-refractivity contribution in [1.82, 2.24) is 10.6 Å². The highest BCUT2D eigenvalue weighted by molar-refractivity contribution is 7.80. The van der Waals surface area contributed by atoms with Crippen LogP contribution in [-0.4, -0.2) is 82.1 Å². The summed E-state index contributed by atoms with van der Waals surface area (Å²) in [7, 11) is 0. The van der Waals surface area contributed by atoms with Crippen LogP contribution >= 0.6 is 12.6 Å². The number of esters is 2. The van der Waals surface area contributed by atoms with Crippen LogP contribution in [0, 0.1) is 0 Å². The van der Waals surface area contributed by atoms with Crippen molar-refractivity contribution < 1.29 is 42.9 Å². The van der Waals surface area contributed by atoms with Crippen molar-refractivity contribution in [2.24, 2.45) is 0 Å². The van der Waals surface area contributed by atoms with E-state index in [9.17, 15) is 19.2 Å². The summed E-state index contributed by atoms with van der Waals surface area (Å²) in [6.07, 6.45) is 0.245. The van der Waals surface area contributed by atoms with Crippen LogP contribution in [0.15, 0.2) is 25.3 Å². The zero-order valence-electron chi connectivity index (χ0n) is 16.6. The molecule has 0 heterocycles. The molecule has 0 aromatic carbocycles. The van der Waals surface area contributed by atoms with Gasteiger partial charge in [0.1, 0.15) is 19.8 Å². The Bertz CT molecular complexity index is 572. The summed E-state index contributed by atoms with van der Waals surface area (Å²) in [6.45, 7) is 6.56. The maximum absolute atomic E-state index is 11.8. The molecule has 1 unspecified atom stereocenters. The fourth-order valence-corrected chi connectivity index (χ4v) is 1.77. The average molecular weight is 448 g/mol. The molecule has 170 valence electrons. The Balaban J connectivity index is 4.27. The van der Waals surface area contributed by atoms with Gasteiger partial charge in [-0.25, -0.2) is 19.2 Å². The summed E-state index contributed by atoms with van der Waals surface area (Å²) in [5, 5.41) is 4.76. The van der Waals surface area contributed by atoms with Gasteiger partial charge in [-0.15, -0.1) is 0 Å². The van der Waals surface area contributed by atoms with Gasteiger partial charge in [0, 0.05) is 18.8 Å². The molecule has 12 heteroatoms. The van der Waals surface area contributed by atoms with E-state index in [2.05, 4.69) is 36.4 Å². The van der Waals surface area contributed by atoms with Gasteiger partial charge in [-0.2, -0.15) is 12.6 Å². The summed E-state index contributed by atoms with van der Waals surface area (Å²) in [6, 6.07) is 0. The molecular formula is C18H28N2O9S. The molecule has 0 bridgehead atoms. The van der Waals surface area contributed by atoms with E-state index >= 15 is 0 Å². The maximum atomic E-state index is 11.8. The van der Waals surface area contributed by atoms with Gasteiger partial charge < -0.3 is 34.3 Å². The molecule has 0 fully saturated rings. The summed E-state index contributed by atoms with van der Waals surface area (Å²) in [5.41, 5.74) is 0. The number of carbonyl (C=O) groups is 4. The topological polar surface area (TPSA) is 138 Å². The van der Waals surface area contributed by atoms with Crippen molar-refractivity contribution >= 4 is 36.8 Å². The SMILES string of the molecule is C=CC(=O)OCCNC(=O)OCC(COCCCS)OC(=O)NCCOC(=O)C=C. The Kier molecular flexibility index (Phi) is 16.6. The molecule has 0 saturated carbocycles. The minimum Gasteiger partial charge on any atom is -0.461 e. The van der Waals surface area contributed by atoms with E-state index in [1.54, 1.807) is 0 Å². The Labute approximate surface area is 180 Å². The van der Waals surface area contributed by atoms with Crippen molar-refractivity contribution in [2.75, 3.05) is 51.9 Å². The normalized spacial score (nSPS) is 10.8. The Morgan fingerprint density at radius 2 is 1.40 bits per heavy atom. The van der Waals surface area contributed by atoms with E-state index in [0.29, 0.717) is 18.8 Å². The third-order valence-corrected chi connectivity index (χ3v) is 3.31. The van der Waals surface area contributed by atoms with E-state index in [4.69, 9.17) is 23.7 Å². The molecule has 0 aromatic rings. The fraction of sp³-hybridized carbons (Fsp3) is 0.556. The third-order valence-electron chi connectivity index (χ3n) is 2.99. The largest absolute Gasteiger partial charge is 0.461 e. The molecule has 0 aliphatic carbocycles. The predicted molar refractivity (Wildman–Crippen MR) is 109 cm³/mol. The minimum absolute atomic E-state index is 0.00310. The lowest BCUT2D eigenvalue weighted by Crippen LogP contribution is -2.37. The number of rotatable bonds is 16. The van der Waals surface area contributed by atoms with Crippen LogP contribution in [0.1, 0.15) is 6.42 Å². The number of hydrogen-bond donors (Lipinski definition) is 3. The molecule has 0 radical (unpaired) electrons. The summed E-state index contributed by atoms with van der Waals surface area (Å²) < 4.78 is 24.9. The van der Waals surface area contributed by atoms with E-state index in [1.165, 1.54) is 0 Å². The molecule has 30 heavy (non-hydrogen) atoms. The van der Waals surface area contributed by atoms with E-state index in [1.807, 2.05) is 0 Å². The molecule has 0 saturated heterocycles. The van der Waals surface area contributed by atoms with Gasteiger partial charge in [0.25, 0.3) is 0 Å². The van der Waals surface area contributed by atoms with Crippen molar-refractivity contribution in [2.45, 2.75) is 12.5 Å². The molecule has 0 aromatic heterocycles. The van der Waals surface area contributed by atoms with Crippen molar-refractivity contribution in [3.63, 3.8) is 0 Å². The van der Waals surface area contributed by atoms with Crippen LogP contribution < -0.4 is 10.6 Å². The first kappa shape index (κ1) is 27.3. The van der Waals surface area contributed by atoms with Gasteiger partial charge in [-0.1, -0.05) is 13.2 Å². The highest BCUT2D eigenvalue weighted by atomic mass is 32.1. The minimum atomic E-state index is -0.870. The average Bonchev–Trinajstić information content (AvgIpc) is 2.74. The van der Waals surface area contributed by atoms with Gasteiger partial charge >= 0.3 is 24.1 Å². The van der Waals surface area contributed by atoms with Crippen LogP contribution in [0.2, 0.25) is 0 Å². The first-order chi connectivity index (χ1) is 14.4. The highest BCUT2D eigenvalue weighted by Crippen LogP contribution is 1.98. The standard InChI is InChI=1S/C18H28N2O9S/c1-3-15(21)26-9-6-19-17(23)28-13-14(12-25-8-5-11-30)29-18(24)20-7-10-27-16(22)4-2/h3-4,14,30H,1-2,5-13H2,(H,19,23)(H,20,24). The molecule has 2 N–H and O–H groups in total. The second kappa shape index (κ2) is 18.3. The van der Waals surface area contributed by atoms with Crippen LogP contribution in [0.3, 0.4) is 0 Å². The lowest BCUT2D eigenvalue weighted by molar-refractivity contribution is -0.138. The lowest BCUT2D eigenvalue weighted by atomic mass is 10.4. The first-order valence-electron chi connectivity index (χ1n) is 9.05. The molecule has 0 rings (SSSR count). The number of thiol groups is 1. The molecule has 11 nitrogen and oxygen atoms in total. The summed E-state index contributed by atoms with van der Waals surface area (Å²) in [4.78, 5) is 45.3. The fourth-order valence-electron chi connectivity index (χ4n) is 1.64. The van der Waals surface area contributed by atoms with Crippen molar-refractivity contribution in [3.8, 4) is 0 Å². The number of nitrogens with one attached hydrogen (secondary N) is 2.